The van der Waals surface area contributed by atoms with Crippen molar-refractivity contribution in [2.75, 3.05) is 0 Å². The minimum Gasteiger partial charge on any atom is -0.387 e. The predicted octanol–water partition coefficient (Wildman–Crippen LogP) is 0.215. The number of aliphatic hydroxyl groups is 1. The van der Waals surface area contributed by atoms with Gasteiger partial charge in [-0.15, -0.1) is 0 Å². The Morgan fingerprint density at radius 1 is 1.75 bits per heavy atom. The molecule has 0 saturated carbocycles. The van der Waals surface area contributed by atoms with E-state index in [1.165, 1.54) is 0 Å². The quantitative estimate of drug-likeness (QED) is 0.597. The summed E-state index contributed by atoms with van der Waals surface area (Å²) in [5.41, 5.74) is 0. The first-order chi connectivity index (χ1) is 3.83. The Bertz CT molecular complexity index is 176. The summed E-state index contributed by atoms with van der Waals surface area (Å²) >= 11 is 5.21. The first-order valence-corrected chi connectivity index (χ1v) is 2.29. The number of nitrogens with zero attached hydrogens (tertiary/aromatic N) is 2. The van der Waals surface area contributed by atoms with Crippen LogP contribution >= 0.6 is 11.6 Å². The van der Waals surface area contributed by atoms with Crippen LogP contribution in [0.15, 0.2) is 4.52 Å². The molecule has 0 fully saturated rings. The zero-order valence-corrected chi connectivity index (χ0v) is 4.59. The van der Waals surface area contributed by atoms with Crippen LogP contribution in [0.5, 0.6) is 0 Å². The number of hydrogen-bond donors (Lipinski definition) is 1. The molecule has 0 spiro atoms. The van der Waals surface area contributed by atoms with Gasteiger partial charge in [0.1, 0.15) is 6.61 Å². The van der Waals surface area contributed by atoms with Gasteiger partial charge >= 0.3 is 0 Å². The lowest BCUT2D eigenvalue weighted by molar-refractivity contribution is 0.222. The van der Waals surface area contributed by atoms with E-state index in [9.17, 15) is 0 Å². The van der Waals surface area contributed by atoms with E-state index in [0.717, 1.165) is 0 Å². The van der Waals surface area contributed by atoms with E-state index in [1.807, 2.05) is 0 Å². The molecule has 0 atom stereocenters. The largest absolute Gasteiger partial charge is 0.387 e. The van der Waals surface area contributed by atoms with E-state index in [0.29, 0.717) is 0 Å². The number of rotatable bonds is 1. The van der Waals surface area contributed by atoms with Crippen LogP contribution in [-0.4, -0.2) is 15.2 Å². The molecule has 0 unspecified atom stereocenters. The molecule has 1 aromatic heterocycles. The third-order valence-corrected chi connectivity index (χ3v) is 0.732. The Morgan fingerprint density at radius 3 is 2.75 bits per heavy atom. The molecule has 1 rings (SSSR count). The van der Waals surface area contributed by atoms with Gasteiger partial charge in [-0.2, -0.15) is 4.98 Å². The average molecular weight is 135 g/mol. The highest BCUT2D eigenvalue weighted by Gasteiger charge is 1.98. The molecule has 0 bridgehead atoms. The molecule has 1 N–H and O–H groups in total. The van der Waals surface area contributed by atoms with Crippen molar-refractivity contribution in [1.29, 1.82) is 0 Å². The first-order valence-electron chi connectivity index (χ1n) is 1.92. The van der Waals surface area contributed by atoms with Gasteiger partial charge in [0, 0.05) is 0 Å². The molecule has 5 heteroatoms. The lowest BCUT2D eigenvalue weighted by atomic mass is 10.7. The maximum atomic E-state index is 8.30. The smallest absolute Gasteiger partial charge is 0.263 e. The van der Waals surface area contributed by atoms with Crippen LogP contribution in [0.25, 0.3) is 0 Å². The predicted molar refractivity (Wildman–Crippen MR) is 25.2 cm³/mol. The summed E-state index contributed by atoms with van der Waals surface area (Å²) in [4.78, 5) is 3.47. The summed E-state index contributed by atoms with van der Waals surface area (Å²) in [5, 5.41) is 11.5. The summed E-state index contributed by atoms with van der Waals surface area (Å²) in [5.74, 6) is 0.134. The Hall–Kier alpha value is -0.610. The van der Waals surface area contributed by atoms with Crippen molar-refractivity contribution >= 4 is 11.6 Å². The molecule has 0 saturated heterocycles. The normalized spacial score (nSPS) is 9.75. The molecular weight excluding hydrogens is 131 g/mol. The Labute approximate surface area is 50.1 Å². The van der Waals surface area contributed by atoms with E-state index in [4.69, 9.17) is 16.7 Å². The van der Waals surface area contributed by atoms with Crippen molar-refractivity contribution in [2.45, 2.75) is 6.61 Å². The second-order valence-electron chi connectivity index (χ2n) is 1.12. The van der Waals surface area contributed by atoms with Crippen molar-refractivity contribution in [3.63, 3.8) is 0 Å². The molecule has 44 valence electrons. The number of halogens is 1. The summed E-state index contributed by atoms with van der Waals surface area (Å²) in [6.45, 7) is -0.264. The van der Waals surface area contributed by atoms with E-state index >= 15 is 0 Å². The van der Waals surface area contributed by atoms with Crippen LogP contribution in [0.1, 0.15) is 5.89 Å². The van der Waals surface area contributed by atoms with Crippen molar-refractivity contribution in [2.24, 2.45) is 0 Å². The van der Waals surface area contributed by atoms with Crippen molar-refractivity contribution in [3.8, 4) is 0 Å². The van der Waals surface area contributed by atoms with Crippen molar-refractivity contribution in [3.05, 3.63) is 11.2 Å². The SMILES string of the molecule is OCc1nc(Cl)no1. The standard InChI is InChI=1S/C3H3ClN2O2/c4-3-5-2(1-7)8-6-3/h7H,1H2. The van der Waals surface area contributed by atoms with Gasteiger partial charge in [0.15, 0.2) is 0 Å². The topological polar surface area (TPSA) is 59.2 Å². The summed E-state index contributed by atoms with van der Waals surface area (Å²) < 4.78 is 4.37. The highest BCUT2D eigenvalue weighted by atomic mass is 35.5. The third-order valence-electron chi connectivity index (χ3n) is 0.579. The zero-order valence-electron chi connectivity index (χ0n) is 3.83. The van der Waals surface area contributed by atoms with Crippen LogP contribution in [-0.2, 0) is 6.61 Å². The van der Waals surface area contributed by atoms with Gasteiger partial charge in [0.25, 0.3) is 11.2 Å². The molecule has 8 heavy (non-hydrogen) atoms. The molecule has 0 aliphatic carbocycles. The molecule has 0 aliphatic heterocycles. The second kappa shape index (κ2) is 2.11. The molecular formula is C3H3ClN2O2. The summed E-state index contributed by atoms with van der Waals surface area (Å²) in [6, 6.07) is 0. The maximum absolute atomic E-state index is 8.30. The van der Waals surface area contributed by atoms with Crippen LogP contribution < -0.4 is 0 Å². The number of aliphatic hydroxyl groups excluding tert-OH is 1. The molecule has 1 aromatic rings. The Morgan fingerprint density at radius 2 is 2.50 bits per heavy atom. The van der Waals surface area contributed by atoms with Crippen molar-refractivity contribution < 1.29 is 9.63 Å². The van der Waals surface area contributed by atoms with Crippen LogP contribution in [0, 0.1) is 0 Å². The average Bonchev–Trinajstić information content (AvgIpc) is 2.14. The molecule has 4 nitrogen and oxygen atoms in total. The molecule has 0 amide bonds. The van der Waals surface area contributed by atoms with Crippen LogP contribution in [0.2, 0.25) is 5.28 Å². The first kappa shape index (κ1) is 5.53. The van der Waals surface area contributed by atoms with E-state index in [2.05, 4.69) is 14.7 Å². The summed E-state index contributed by atoms with van der Waals surface area (Å²) in [7, 11) is 0. The van der Waals surface area contributed by atoms with Gasteiger partial charge in [0.05, 0.1) is 0 Å². The van der Waals surface area contributed by atoms with Gasteiger partial charge in [-0.05, 0) is 16.8 Å². The number of aromatic nitrogens is 2. The Kier molecular flexibility index (Phi) is 1.45. The Balaban J connectivity index is 2.84. The molecule has 0 aliphatic rings. The fourth-order valence-electron chi connectivity index (χ4n) is 0.298. The van der Waals surface area contributed by atoms with Gasteiger partial charge in [-0.3, -0.25) is 0 Å². The van der Waals surface area contributed by atoms with Gasteiger partial charge in [-0.1, -0.05) is 0 Å². The molecule has 0 aromatic carbocycles. The van der Waals surface area contributed by atoms with Crippen molar-refractivity contribution in [1.82, 2.24) is 10.1 Å². The minimum atomic E-state index is -0.264. The van der Waals surface area contributed by atoms with E-state index in [-0.39, 0.29) is 17.8 Å². The lowest BCUT2D eigenvalue weighted by Crippen LogP contribution is -1.78. The highest BCUT2D eigenvalue weighted by Crippen LogP contribution is 2.00. The van der Waals surface area contributed by atoms with Crippen LogP contribution in [0.3, 0.4) is 0 Å². The van der Waals surface area contributed by atoms with Gasteiger partial charge < -0.3 is 9.63 Å². The highest BCUT2D eigenvalue weighted by molar-refractivity contribution is 6.28. The molecule has 0 radical (unpaired) electrons. The van der Waals surface area contributed by atoms with E-state index < -0.39 is 0 Å². The van der Waals surface area contributed by atoms with E-state index in [1.54, 1.807) is 0 Å². The van der Waals surface area contributed by atoms with Crippen LogP contribution in [0.4, 0.5) is 0 Å². The summed E-state index contributed by atoms with van der Waals surface area (Å²) in [6.07, 6.45) is 0. The zero-order chi connectivity index (χ0) is 5.98. The van der Waals surface area contributed by atoms with Gasteiger partial charge in [0.2, 0.25) is 0 Å². The fraction of sp³-hybridized carbons (Fsp3) is 0.333. The lowest BCUT2D eigenvalue weighted by Gasteiger charge is -1.74. The maximum Gasteiger partial charge on any atom is 0.263 e. The fourth-order valence-corrected chi connectivity index (χ4v) is 0.427. The second-order valence-corrected chi connectivity index (χ2v) is 1.45. The minimum absolute atomic E-state index is 0.0223. The number of hydrogen-bond acceptors (Lipinski definition) is 4. The third kappa shape index (κ3) is 0.962. The monoisotopic (exact) mass is 134 g/mol. The molecule has 1 heterocycles. The van der Waals surface area contributed by atoms with Gasteiger partial charge in [-0.25, -0.2) is 0 Å².